The second-order valence-electron chi connectivity index (χ2n) is 4.27. The quantitative estimate of drug-likeness (QED) is 0.629. The molecule has 6 nitrogen and oxygen atoms in total. The number of benzene rings is 1. The summed E-state index contributed by atoms with van der Waals surface area (Å²) in [4.78, 5) is 24.7. The standard InChI is InChI=1S/C14H21N3O3/c1-20-10-8-16-11-14(19)17(9-7-13(15)18)12-5-3-2-4-6-12/h2-6,16H,7-11H2,1H3,(H2,15,18). The first kappa shape index (κ1) is 16.1. The van der Waals surface area contributed by atoms with Crippen LogP contribution in [0.5, 0.6) is 0 Å². The van der Waals surface area contributed by atoms with Crippen molar-refractivity contribution in [3.63, 3.8) is 0 Å². The fourth-order valence-corrected chi connectivity index (χ4v) is 1.69. The first-order valence-electron chi connectivity index (χ1n) is 6.48. The minimum absolute atomic E-state index is 0.103. The summed E-state index contributed by atoms with van der Waals surface area (Å²) in [6.07, 6.45) is 0.138. The highest BCUT2D eigenvalue weighted by molar-refractivity contribution is 5.95. The number of para-hydroxylation sites is 1. The molecule has 0 radical (unpaired) electrons. The van der Waals surface area contributed by atoms with Crippen molar-refractivity contribution in [2.75, 3.05) is 38.3 Å². The van der Waals surface area contributed by atoms with Crippen LogP contribution in [0.4, 0.5) is 5.69 Å². The molecule has 3 N–H and O–H groups in total. The summed E-state index contributed by atoms with van der Waals surface area (Å²) in [5.41, 5.74) is 5.91. The van der Waals surface area contributed by atoms with Crippen LogP contribution in [0.2, 0.25) is 0 Å². The lowest BCUT2D eigenvalue weighted by Crippen LogP contribution is -2.40. The van der Waals surface area contributed by atoms with E-state index in [1.54, 1.807) is 12.0 Å². The van der Waals surface area contributed by atoms with Crippen molar-refractivity contribution in [2.24, 2.45) is 5.73 Å². The fourth-order valence-electron chi connectivity index (χ4n) is 1.69. The Kier molecular flexibility index (Phi) is 7.31. The second-order valence-corrected chi connectivity index (χ2v) is 4.27. The van der Waals surface area contributed by atoms with Crippen molar-refractivity contribution >= 4 is 17.5 Å². The summed E-state index contributed by atoms with van der Waals surface area (Å²) >= 11 is 0. The van der Waals surface area contributed by atoms with Crippen LogP contribution in [0.3, 0.4) is 0 Å². The normalized spacial score (nSPS) is 10.2. The molecule has 0 heterocycles. The third kappa shape index (κ3) is 5.81. The van der Waals surface area contributed by atoms with Gasteiger partial charge in [-0.1, -0.05) is 18.2 Å². The number of rotatable bonds is 9. The van der Waals surface area contributed by atoms with E-state index in [1.165, 1.54) is 0 Å². The van der Waals surface area contributed by atoms with Crippen molar-refractivity contribution in [1.29, 1.82) is 0 Å². The number of methoxy groups -OCH3 is 1. The number of nitrogens with two attached hydrogens (primary N) is 1. The van der Waals surface area contributed by atoms with Gasteiger partial charge in [0.2, 0.25) is 11.8 Å². The molecule has 0 aliphatic carbocycles. The molecule has 6 heteroatoms. The van der Waals surface area contributed by atoms with Gasteiger partial charge >= 0.3 is 0 Å². The van der Waals surface area contributed by atoms with Gasteiger partial charge in [0.25, 0.3) is 0 Å². The molecule has 2 amide bonds. The van der Waals surface area contributed by atoms with Gasteiger partial charge in [-0.15, -0.1) is 0 Å². The molecule has 0 unspecified atom stereocenters. The third-order valence-corrected chi connectivity index (χ3v) is 2.71. The molecule has 20 heavy (non-hydrogen) atoms. The Balaban J connectivity index is 2.62. The first-order valence-corrected chi connectivity index (χ1v) is 6.48. The fraction of sp³-hybridized carbons (Fsp3) is 0.429. The van der Waals surface area contributed by atoms with Gasteiger partial charge in [0, 0.05) is 32.3 Å². The van der Waals surface area contributed by atoms with E-state index in [-0.39, 0.29) is 25.4 Å². The van der Waals surface area contributed by atoms with Crippen LogP contribution in [-0.2, 0) is 14.3 Å². The average molecular weight is 279 g/mol. The molecule has 0 aromatic heterocycles. The van der Waals surface area contributed by atoms with Gasteiger partial charge in [-0.25, -0.2) is 0 Å². The van der Waals surface area contributed by atoms with Crippen molar-refractivity contribution in [3.05, 3.63) is 30.3 Å². The molecule has 0 bridgehead atoms. The van der Waals surface area contributed by atoms with Gasteiger partial charge in [-0.3, -0.25) is 9.59 Å². The number of amides is 2. The van der Waals surface area contributed by atoms with E-state index < -0.39 is 5.91 Å². The Bertz CT molecular complexity index is 423. The molecule has 110 valence electrons. The molecule has 0 saturated heterocycles. The maximum Gasteiger partial charge on any atom is 0.240 e. The summed E-state index contributed by atoms with van der Waals surface area (Å²) in [6, 6.07) is 9.22. The summed E-state index contributed by atoms with van der Waals surface area (Å²) in [6.45, 7) is 1.61. The Labute approximate surface area is 118 Å². The molecule has 0 fully saturated rings. The van der Waals surface area contributed by atoms with E-state index in [1.807, 2.05) is 30.3 Å². The predicted octanol–water partition coefficient (Wildman–Crippen LogP) is 0.131. The highest BCUT2D eigenvalue weighted by Crippen LogP contribution is 2.13. The van der Waals surface area contributed by atoms with Crippen LogP contribution in [-0.4, -0.2) is 45.2 Å². The topological polar surface area (TPSA) is 84.7 Å². The zero-order valence-corrected chi connectivity index (χ0v) is 11.7. The van der Waals surface area contributed by atoms with Crippen LogP contribution in [0.25, 0.3) is 0 Å². The summed E-state index contributed by atoms with van der Waals surface area (Å²) < 4.78 is 4.90. The number of anilines is 1. The van der Waals surface area contributed by atoms with Crippen molar-refractivity contribution < 1.29 is 14.3 Å². The van der Waals surface area contributed by atoms with E-state index in [4.69, 9.17) is 10.5 Å². The van der Waals surface area contributed by atoms with Crippen LogP contribution in [0, 0.1) is 0 Å². The van der Waals surface area contributed by atoms with E-state index in [0.29, 0.717) is 13.2 Å². The van der Waals surface area contributed by atoms with Crippen molar-refractivity contribution in [1.82, 2.24) is 5.32 Å². The predicted molar refractivity (Wildman–Crippen MR) is 77.4 cm³/mol. The Morgan fingerprint density at radius 1 is 1.30 bits per heavy atom. The van der Waals surface area contributed by atoms with Crippen molar-refractivity contribution in [3.8, 4) is 0 Å². The number of nitrogens with one attached hydrogen (secondary N) is 1. The van der Waals surface area contributed by atoms with E-state index in [2.05, 4.69) is 5.32 Å². The number of carbonyl (C=O) groups is 2. The zero-order valence-electron chi connectivity index (χ0n) is 11.7. The Morgan fingerprint density at radius 3 is 2.60 bits per heavy atom. The lowest BCUT2D eigenvalue weighted by molar-refractivity contribution is -0.118. The zero-order chi connectivity index (χ0) is 14.8. The van der Waals surface area contributed by atoms with Crippen LogP contribution < -0.4 is 16.0 Å². The number of ether oxygens (including phenoxy) is 1. The molecule has 1 rings (SSSR count). The maximum atomic E-state index is 12.2. The lowest BCUT2D eigenvalue weighted by Gasteiger charge is -2.22. The first-order chi connectivity index (χ1) is 9.65. The third-order valence-electron chi connectivity index (χ3n) is 2.71. The monoisotopic (exact) mass is 279 g/mol. The summed E-state index contributed by atoms with van der Waals surface area (Å²) in [7, 11) is 1.60. The highest BCUT2D eigenvalue weighted by atomic mass is 16.5. The molecular weight excluding hydrogens is 258 g/mol. The minimum Gasteiger partial charge on any atom is -0.383 e. The molecule has 0 spiro atoms. The summed E-state index contributed by atoms with van der Waals surface area (Å²) in [5.74, 6) is -0.528. The van der Waals surface area contributed by atoms with Crippen LogP contribution >= 0.6 is 0 Å². The SMILES string of the molecule is COCCNCC(=O)N(CCC(N)=O)c1ccccc1. The molecule has 0 atom stereocenters. The summed E-state index contributed by atoms with van der Waals surface area (Å²) in [5, 5.41) is 2.99. The Morgan fingerprint density at radius 2 is 2.00 bits per heavy atom. The molecule has 0 aliphatic heterocycles. The number of hydrogen-bond donors (Lipinski definition) is 2. The molecular formula is C14H21N3O3. The van der Waals surface area contributed by atoms with Crippen LogP contribution in [0.1, 0.15) is 6.42 Å². The molecule has 0 saturated carbocycles. The van der Waals surface area contributed by atoms with E-state index in [0.717, 1.165) is 5.69 Å². The second kappa shape index (κ2) is 9.06. The molecule has 0 aliphatic rings. The minimum atomic E-state index is -0.425. The van der Waals surface area contributed by atoms with Gasteiger partial charge < -0.3 is 20.7 Å². The van der Waals surface area contributed by atoms with Gasteiger partial charge in [-0.2, -0.15) is 0 Å². The molecule has 1 aromatic rings. The van der Waals surface area contributed by atoms with E-state index >= 15 is 0 Å². The Hall–Kier alpha value is -1.92. The largest absolute Gasteiger partial charge is 0.383 e. The number of nitrogens with zero attached hydrogens (tertiary/aromatic N) is 1. The molecule has 1 aromatic carbocycles. The van der Waals surface area contributed by atoms with Gasteiger partial charge in [0.05, 0.1) is 13.2 Å². The maximum absolute atomic E-state index is 12.2. The lowest BCUT2D eigenvalue weighted by atomic mass is 10.2. The van der Waals surface area contributed by atoms with Gasteiger partial charge in [0.1, 0.15) is 0 Å². The highest BCUT2D eigenvalue weighted by Gasteiger charge is 2.15. The number of primary amides is 1. The van der Waals surface area contributed by atoms with Gasteiger partial charge in [0.15, 0.2) is 0 Å². The number of hydrogen-bond acceptors (Lipinski definition) is 4. The van der Waals surface area contributed by atoms with E-state index in [9.17, 15) is 9.59 Å². The number of carbonyl (C=O) groups excluding carboxylic acids is 2. The van der Waals surface area contributed by atoms with Crippen molar-refractivity contribution in [2.45, 2.75) is 6.42 Å². The van der Waals surface area contributed by atoms with Crippen LogP contribution in [0.15, 0.2) is 30.3 Å². The smallest absolute Gasteiger partial charge is 0.240 e. The average Bonchev–Trinajstić information content (AvgIpc) is 2.44. The van der Waals surface area contributed by atoms with Gasteiger partial charge in [-0.05, 0) is 12.1 Å².